The standard InChI is InChI=1S/C19H15BrN2O2S2/c1-24-18(23)15-11-16(12-5-3-2-4-6-12)26-17(15)22-19(25)21-14-9-7-13(20)8-10-14/h2-11H,1H3,(H2,21,22,25). The van der Waals surface area contributed by atoms with Crippen molar-refractivity contribution in [1.29, 1.82) is 0 Å². The van der Waals surface area contributed by atoms with Gasteiger partial charge in [0, 0.05) is 15.0 Å². The van der Waals surface area contributed by atoms with Gasteiger partial charge in [0.05, 0.1) is 12.7 Å². The summed E-state index contributed by atoms with van der Waals surface area (Å²) in [6, 6.07) is 19.3. The van der Waals surface area contributed by atoms with Gasteiger partial charge in [0.2, 0.25) is 0 Å². The fourth-order valence-corrected chi connectivity index (χ4v) is 3.89. The molecule has 0 unspecified atom stereocenters. The minimum Gasteiger partial charge on any atom is -0.465 e. The summed E-state index contributed by atoms with van der Waals surface area (Å²) in [5, 5.41) is 7.26. The fraction of sp³-hybridized carbons (Fsp3) is 0.0526. The number of hydrogen-bond acceptors (Lipinski definition) is 4. The van der Waals surface area contributed by atoms with E-state index in [9.17, 15) is 4.79 Å². The number of benzene rings is 2. The molecule has 0 spiro atoms. The molecule has 0 radical (unpaired) electrons. The molecule has 7 heteroatoms. The molecule has 2 aromatic carbocycles. The number of nitrogens with one attached hydrogen (secondary N) is 2. The van der Waals surface area contributed by atoms with Crippen molar-refractivity contribution in [2.75, 3.05) is 17.7 Å². The molecular weight excluding hydrogens is 432 g/mol. The van der Waals surface area contributed by atoms with Crippen LogP contribution in [-0.2, 0) is 4.74 Å². The van der Waals surface area contributed by atoms with Gasteiger partial charge in [0.1, 0.15) is 5.00 Å². The van der Waals surface area contributed by atoms with Crippen molar-refractivity contribution in [2.45, 2.75) is 0 Å². The van der Waals surface area contributed by atoms with E-state index in [2.05, 4.69) is 26.6 Å². The molecule has 0 amide bonds. The van der Waals surface area contributed by atoms with E-state index in [1.807, 2.05) is 60.7 Å². The quantitative estimate of drug-likeness (QED) is 0.393. The zero-order valence-electron chi connectivity index (χ0n) is 13.8. The number of carbonyl (C=O) groups excluding carboxylic acids is 1. The summed E-state index contributed by atoms with van der Waals surface area (Å²) in [4.78, 5) is 13.1. The van der Waals surface area contributed by atoms with Gasteiger partial charge in [-0.1, -0.05) is 46.3 Å². The Morgan fingerprint density at radius 2 is 1.77 bits per heavy atom. The molecule has 0 saturated heterocycles. The van der Waals surface area contributed by atoms with Gasteiger partial charge in [-0.2, -0.15) is 0 Å². The molecule has 0 saturated carbocycles. The van der Waals surface area contributed by atoms with Crippen molar-refractivity contribution in [2.24, 2.45) is 0 Å². The third-order valence-corrected chi connectivity index (χ3v) is 5.36. The van der Waals surface area contributed by atoms with E-state index in [-0.39, 0.29) is 0 Å². The van der Waals surface area contributed by atoms with Crippen LogP contribution in [0.15, 0.2) is 65.1 Å². The highest BCUT2D eigenvalue weighted by Crippen LogP contribution is 2.36. The van der Waals surface area contributed by atoms with E-state index < -0.39 is 5.97 Å². The number of thiocarbonyl (C=S) groups is 1. The summed E-state index contributed by atoms with van der Waals surface area (Å²) in [5.74, 6) is -0.405. The molecule has 0 atom stereocenters. The van der Waals surface area contributed by atoms with Crippen molar-refractivity contribution in [1.82, 2.24) is 0 Å². The van der Waals surface area contributed by atoms with E-state index >= 15 is 0 Å². The van der Waals surface area contributed by atoms with E-state index in [0.29, 0.717) is 15.7 Å². The molecule has 2 N–H and O–H groups in total. The maximum atomic E-state index is 12.1. The minimum absolute atomic E-state index is 0.402. The fourth-order valence-electron chi connectivity index (χ4n) is 2.29. The predicted octanol–water partition coefficient (Wildman–Crippen LogP) is 5.77. The van der Waals surface area contributed by atoms with Crippen molar-refractivity contribution >= 4 is 61.3 Å². The predicted molar refractivity (Wildman–Crippen MR) is 115 cm³/mol. The number of methoxy groups -OCH3 is 1. The second kappa shape index (κ2) is 8.44. The molecule has 1 heterocycles. The van der Waals surface area contributed by atoms with E-state index in [1.54, 1.807) is 0 Å². The van der Waals surface area contributed by atoms with Crippen LogP contribution < -0.4 is 10.6 Å². The minimum atomic E-state index is -0.405. The highest BCUT2D eigenvalue weighted by molar-refractivity contribution is 9.10. The van der Waals surface area contributed by atoms with Crippen LogP contribution in [0.1, 0.15) is 10.4 Å². The molecule has 3 rings (SSSR count). The lowest BCUT2D eigenvalue weighted by Gasteiger charge is -2.10. The van der Waals surface area contributed by atoms with Gasteiger partial charge in [-0.05, 0) is 48.1 Å². The number of carbonyl (C=O) groups is 1. The average molecular weight is 447 g/mol. The van der Waals surface area contributed by atoms with E-state index in [1.165, 1.54) is 18.4 Å². The highest BCUT2D eigenvalue weighted by atomic mass is 79.9. The Morgan fingerprint density at radius 1 is 1.08 bits per heavy atom. The van der Waals surface area contributed by atoms with Crippen LogP contribution in [0.25, 0.3) is 10.4 Å². The molecule has 26 heavy (non-hydrogen) atoms. The van der Waals surface area contributed by atoms with Gasteiger partial charge < -0.3 is 15.4 Å². The SMILES string of the molecule is COC(=O)c1cc(-c2ccccc2)sc1NC(=S)Nc1ccc(Br)cc1. The number of esters is 1. The summed E-state index contributed by atoms with van der Waals surface area (Å²) in [5.41, 5.74) is 2.34. The zero-order valence-corrected chi connectivity index (χ0v) is 17.0. The van der Waals surface area contributed by atoms with Gasteiger partial charge in [-0.3, -0.25) is 0 Å². The van der Waals surface area contributed by atoms with Crippen molar-refractivity contribution in [3.8, 4) is 10.4 Å². The van der Waals surface area contributed by atoms with Crippen LogP contribution in [0.3, 0.4) is 0 Å². The molecule has 3 aromatic rings. The second-order valence-corrected chi connectivity index (χ2v) is 7.67. The van der Waals surface area contributed by atoms with Crippen molar-refractivity contribution in [3.63, 3.8) is 0 Å². The first kappa shape index (κ1) is 18.6. The number of thiophene rings is 1. The second-order valence-electron chi connectivity index (χ2n) is 5.30. The van der Waals surface area contributed by atoms with Gasteiger partial charge in [0.25, 0.3) is 0 Å². The molecular formula is C19H15BrN2O2S2. The largest absolute Gasteiger partial charge is 0.465 e. The lowest BCUT2D eigenvalue weighted by atomic mass is 10.1. The Kier molecular flexibility index (Phi) is 6.03. The zero-order chi connectivity index (χ0) is 18.5. The number of halogens is 1. The molecule has 0 aliphatic carbocycles. The summed E-state index contributed by atoms with van der Waals surface area (Å²) in [7, 11) is 1.37. The lowest BCUT2D eigenvalue weighted by Crippen LogP contribution is -2.19. The van der Waals surface area contributed by atoms with Crippen LogP contribution in [0, 0.1) is 0 Å². The smallest absolute Gasteiger partial charge is 0.340 e. The highest BCUT2D eigenvalue weighted by Gasteiger charge is 2.18. The molecule has 0 aliphatic heterocycles. The van der Waals surface area contributed by atoms with E-state index in [0.717, 1.165) is 20.6 Å². The Labute approximate surface area is 169 Å². The van der Waals surface area contributed by atoms with Crippen LogP contribution in [0.2, 0.25) is 0 Å². The summed E-state index contributed by atoms with van der Waals surface area (Å²) in [6.45, 7) is 0. The third-order valence-electron chi connectivity index (χ3n) is 3.52. The molecule has 4 nitrogen and oxygen atoms in total. The van der Waals surface area contributed by atoms with Gasteiger partial charge >= 0.3 is 5.97 Å². The maximum Gasteiger partial charge on any atom is 0.340 e. The summed E-state index contributed by atoms with van der Waals surface area (Å²) in [6.07, 6.45) is 0. The first-order valence-corrected chi connectivity index (χ1v) is 9.69. The number of rotatable bonds is 4. The van der Waals surface area contributed by atoms with Crippen LogP contribution in [0.4, 0.5) is 10.7 Å². The number of hydrogen-bond donors (Lipinski definition) is 2. The molecule has 0 bridgehead atoms. The first-order chi connectivity index (χ1) is 12.6. The molecule has 0 aliphatic rings. The van der Waals surface area contributed by atoms with Crippen molar-refractivity contribution < 1.29 is 9.53 Å². The third kappa shape index (κ3) is 4.49. The monoisotopic (exact) mass is 446 g/mol. The van der Waals surface area contributed by atoms with Crippen LogP contribution in [0.5, 0.6) is 0 Å². The first-order valence-electron chi connectivity index (χ1n) is 7.68. The lowest BCUT2D eigenvalue weighted by molar-refractivity contribution is 0.0602. The van der Waals surface area contributed by atoms with E-state index in [4.69, 9.17) is 17.0 Å². The summed E-state index contributed by atoms with van der Waals surface area (Å²) < 4.78 is 5.88. The van der Waals surface area contributed by atoms with Gasteiger partial charge in [-0.25, -0.2) is 4.79 Å². The van der Waals surface area contributed by atoms with Gasteiger partial charge in [-0.15, -0.1) is 11.3 Å². The van der Waals surface area contributed by atoms with Crippen LogP contribution >= 0.6 is 39.5 Å². The topological polar surface area (TPSA) is 50.4 Å². The summed E-state index contributed by atoms with van der Waals surface area (Å²) >= 11 is 10.2. The molecule has 0 fully saturated rings. The normalized spacial score (nSPS) is 10.2. The number of ether oxygens (including phenoxy) is 1. The van der Waals surface area contributed by atoms with Crippen LogP contribution in [-0.4, -0.2) is 18.2 Å². The van der Waals surface area contributed by atoms with Crippen molar-refractivity contribution in [3.05, 3.63) is 70.7 Å². The maximum absolute atomic E-state index is 12.1. The average Bonchev–Trinajstić information content (AvgIpc) is 3.07. The Bertz CT molecular complexity index is 924. The Hall–Kier alpha value is -2.22. The molecule has 1 aromatic heterocycles. The Balaban J connectivity index is 1.83. The van der Waals surface area contributed by atoms with Gasteiger partial charge in [0.15, 0.2) is 5.11 Å². The number of anilines is 2. The molecule has 132 valence electrons. The Morgan fingerprint density at radius 3 is 2.42 bits per heavy atom.